The van der Waals surface area contributed by atoms with Crippen LogP contribution >= 0.6 is 0 Å². The Bertz CT molecular complexity index is 1360. The highest BCUT2D eigenvalue weighted by Crippen LogP contribution is 2.38. The van der Waals surface area contributed by atoms with Crippen LogP contribution in [0.15, 0.2) is 36.7 Å². The van der Waals surface area contributed by atoms with Gasteiger partial charge in [0.05, 0.1) is 23.5 Å². The van der Waals surface area contributed by atoms with Gasteiger partial charge < -0.3 is 14.8 Å². The molecular weight excluding hydrogens is 471 g/mol. The number of nitrogens with zero attached hydrogens (tertiary/aromatic N) is 4. The third-order valence-electron chi connectivity index (χ3n) is 6.88. The summed E-state index contributed by atoms with van der Waals surface area (Å²) >= 11 is 0. The van der Waals surface area contributed by atoms with Crippen LogP contribution in [0.2, 0.25) is 0 Å². The van der Waals surface area contributed by atoms with Crippen LogP contribution in [-0.2, 0) is 11.8 Å². The van der Waals surface area contributed by atoms with Gasteiger partial charge in [0, 0.05) is 37.3 Å². The van der Waals surface area contributed by atoms with Crippen molar-refractivity contribution in [2.45, 2.75) is 38.8 Å². The molecule has 0 radical (unpaired) electrons. The second kappa shape index (κ2) is 9.64. The molecule has 2 amide bonds. The number of nitriles is 1. The van der Waals surface area contributed by atoms with E-state index in [1.54, 1.807) is 24.4 Å². The maximum Gasteiger partial charge on any atom is 0.400 e. The van der Waals surface area contributed by atoms with Crippen LogP contribution in [0.1, 0.15) is 52.7 Å². The molecule has 7 nitrogen and oxygen atoms in total. The van der Waals surface area contributed by atoms with Crippen molar-refractivity contribution in [2.75, 3.05) is 18.4 Å². The standard InChI is InChI=1S/C26H26F3N5O2/c1-15-21(32-24(35)19-6-4-5-17(11-19)12-30)13-31-23-22(15)20(14-33(23)3)18-7-9-34(10-8-18)25(36)16(2)26(27,28)29/h4-6,11,13-14,16,18H,7-10H2,1-3H3,(H,32,35). The lowest BCUT2D eigenvalue weighted by Gasteiger charge is -2.34. The minimum Gasteiger partial charge on any atom is -0.342 e. The zero-order valence-electron chi connectivity index (χ0n) is 20.2. The first-order valence-corrected chi connectivity index (χ1v) is 11.6. The highest BCUT2D eigenvalue weighted by Gasteiger charge is 2.43. The number of aryl methyl sites for hydroxylation is 2. The first kappa shape index (κ1) is 25.2. The fourth-order valence-electron chi connectivity index (χ4n) is 4.72. The van der Waals surface area contributed by atoms with Crippen LogP contribution in [0.3, 0.4) is 0 Å². The first-order valence-electron chi connectivity index (χ1n) is 11.6. The number of pyridine rings is 1. The number of carbonyl (C=O) groups is 2. The summed E-state index contributed by atoms with van der Waals surface area (Å²) in [6.07, 6.45) is 0.0718. The van der Waals surface area contributed by atoms with Crippen molar-refractivity contribution in [3.05, 3.63) is 58.9 Å². The summed E-state index contributed by atoms with van der Waals surface area (Å²) < 4.78 is 40.9. The average Bonchev–Trinajstić information content (AvgIpc) is 3.21. The number of anilines is 1. The van der Waals surface area contributed by atoms with Gasteiger partial charge in [-0.25, -0.2) is 4.98 Å². The molecule has 0 saturated carbocycles. The van der Waals surface area contributed by atoms with E-state index in [1.807, 2.05) is 30.8 Å². The Balaban J connectivity index is 1.57. The number of piperidine rings is 1. The van der Waals surface area contributed by atoms with E-state index in [-0.39, 0.29) is 24.9 Å². The van der Waals surface area contributed by atoms with Crippen molar-refractivity contribution in [1.29, 1.82) is 5.26 Å². The molecule has 3 heterocycles. The molecule has 1 unspecified atom stereocenters. The van der Waals surface area contributed by atoms with E-state index >= 15 is 0 Å². The normalized spacial score (nSPS) is 15.5. The lowest BCUT2D eigenvalue weighted by Crippen LogP contribution is -2.44. The Morgan fingerprint density at radius 3 is 2.58 bits per heavy atom. The maximum absolute atomic E-state index is 13.0. The number of aromatic nitrogens is 2. The van der Waals surface area contributed by atoms with Crippen molar-refractivity contribution in [1.82, 2.24) is 14.5 Å². The van der Waals surface area contributed by atoms with E-state index in [4.69, 9.17) is 5.26 Å². The third kappa shape index (κ3) is 4.78. The molecule has 4 rings (SSSR count). The van der Waals surface area contributed by atoms with Crippen LogP contribution in [-0.4, -0.2) is 45.5 Å². The van der Waals surface area contributed by atoms with Gasteiger partial charge in [0.25, 0.3) is 5.91 Å². The molecule has 0 spiro atoms. The maximum atomic E-state index is 13.0. The highest BCUT2D eigenvalue weighted by molar-refractivity contribution is 6.06. The minimum absolute atomic E-state index is 0.0395. The van der Waals surface area contributed by atoms with Gasteiger partial charge in [0.15, 0.2) is 0 Å². The van der Waals surface area contributed by atoms with Crippen LogP contribution in [0, 0.1) is 24.2 Å². The van der Waals surface area contributed by atoms with E-state index < -0.39 is 18.0 Å². The van der Waals surface area contributed by atoms with Crippen LogP contribution in [0.5, 0.6) is 0 Å². The third-order valence-corrected chi connectivity index (χ3v) is 6.88. The fourth-order valence-corrected chi connectivity index (χ4v) is 4.72. The molecule has 1 aromatic carbocycles. The Kier molecular flexibility index (Phi) is 6.76. The summed E-state index contributed by atoms with van der Waals surface area (Å²) in [6, 6.07) is 8.42. The number of nitrogens with one attached hydrogen (secondary N) is 1. The zero-order valence-corrected chi connectivity index (χ0v) is 20.2. The molecular formula is C26H26F3N5O2. The van der Waals surface area contributed by atoms with Gasteiger partial charge in [-0.1, -0.05) is 6.07 Å². The number of hydrogen-bond acceptors (Lipinski definition) is 4. The molecule has 1 fully saturated rings. The number of carbonyl (C=O) groups excluding carboxylic acids is 2. The summed E-state index contributed by atoms with van der Waals surface area (Å²) in [4.78, 5) is 30.9. The largest absolute Gasteiger partial charge is 0.400 e. The van der Waals surface area contributed by atoms with Crippen molar-refractivity contribution in [2.24, 2.45) is 13.0 Å². The van der Waals surface area contributed by atoms with Crippen LogP contribution in [0.25, 0.3) is 11.0 Å². The molecule has 0 bridgehead atoms. The summed E-state index contributed by atoms with van der Waals surface area (Å²) in [5, 5.41) is 12.9. The smallest absolute Gasteiger partial charge is 0.342 e. The second-order valence-corrected chi connectivity index (χ2v) is 9.20. The number of alkyl halides is 3. The molecule has 1 atom stereocenters. The Morgan fingerprint density at radius 1 is 1.25 bits per heavy atom. The van der Waals surface area contributed by atoms with E-state index in [1.165, 1.54) is 11.0 Å². The predicted molar refractivity (Wildman–Crippen MR) is 128 cm³/mol. The number of hydrogen-bond donors (Lipinski definition) is 1. The predicted octanol–water partition coefficient (Wildman–Crippen LogP) is 4.91. The lowest BCUT2D eigenvalue weighted by molar-refractivity contribution is -0.186. The van der Waals surface area contributed by atoms with Crippen molar-refractivity contribution in [3.8, 4) is 6.07 Å². The molecule has 1 saturated heterocycles. The molecule has 1 aliphatic rings. The minimum atomic E-state index is -4.55. The van der Waals surface area contributed by atoms with E-state index in [9.17, 15) is 22.8 Å². The van der Waals surface area contributed by atoms with E-state index in [2.05, 4.69) is 10.3 Å². The van der Waals surface area contributed by atoms with E-state index in [0.717, 1.165) is 29.1 Å². The lowest BCUT2D eigenvalue weighted by atomic mass is 9.88. The van der Waals surface area contributed by atoms with E-state index in [0.29, 0.717) is 29.7 Å². The van der Waals surface area contributed by atoms with Crippen molar-refractivity contribution in [3.63, 3.8) is 0 Å². The van der Waals surface area contributed by atoms with Gasteiger partial charge in [0.2, 0.25) is 5.91 Å². The van der Waals surface area contributed by atoms with Crippen molar-refractivity contribution < 1.29 is 22.8 Å². The van der Waals surface area contributed by atoms with Gasteiger partial charge in [-0.2, -0.15) is 18.4 Å². The Labute approximate surface area is 206 Å². The van der Waals surface area contributed by atoms with Gasteiger partial charge in [-0.3, -0.25) is 9.59 Å². The number of halogens is 3. The van der Waals surface area contributed by atoms with Crippen molar-refractivity contribution >= 4 is 28.5 Å². The molecule has 2 aromatic heterocycles. The zero-order chi connectivity index (χ0) is 26.2. The van der Waals surface area contributed by atoms with Gasteiger partial charge in [-0.05, 0) is 61.9 Å². The summed E-state index contributed by atoms with van der Waals surface area (Å²) in [5.74, 6) is -3.22. The topological polar surface area (TPSA) is 91.0 Å². The second-order valence-electron chi connectivity index (χ2n) is 9.20. The fraction of sp³-hybridized carbons (Fsp3) is 0.385. The number of rotatable bonds is 4. The first-order chi connectivity index (χ1) is 17.0. The molecule has 1 N–H and O–H groups in total. The number of likely N-dealkylation sites (tertiary alicyclic amines) is 1. The number of amides is 2. The van der Waals surface area contributed by atoms with Gasteiger partial charge in [0.1, 0.15) is 11.6 Å². The molecule has 0 aliphatic carbocycles. The van der Waals surface area contributed by atoms with Gasteiger partial charge >= 0.3 is 6.18 Å². The number of fused-ring (bicyclic) bond motifs is 1. The van der Waals surface area contributed by atoms with Gasteiger partial charge in [-0.15, -0.1) is 0 Å². The SMILES string of the molecule is Cc1c(NC(=O)c2cccc(C#N)c2)cnc2c1c(C1CCN(C(=O)C(C)C(F)(F)F)CC1)cn2C. The average molecular weight is 498 g/mol. The molecule has 3 aromatic rings. The quantitative estimate of drug-likeness (QED) is 0.555. The monoisotopic (exact) mass is 497 g/mol. The summed E-state index contributed by atoms with van der Waals surface area (Å²) in [7, 11) is 1.87. The Morgan fingerprint density at radius 2 is 1.94 bits per heavy atom. The molecule has 10 heteroatoms. The van der Waals surface area contributed by atoms with Crippen LogP contribution < -0.4 is 5.32 Å². The Hall–Kier alpha value is -3.87. The molecule has 1 aliphatic heterocycles. The summed E-state index contributed by atoms with van der Waals surface area (Å²) in [6.45, 7) is 3.29. The molecule has 188 valence electrons. The van der Waals surface area contributed by atoms with Crippen LogP contribution in [0.4, 0.5) is 18.9 Å². The number of benzene rings is 1. The summed E-state index contributed by atoms with van der Waals surface area (Å²) in [5.41, 5.74) is 3.82. The highest BCUT2D eigenvalue weighted by atomic mass is 19.4. The molecule has 36 heavy (non-hydrogen) atoms.